The zero-order valence-electron chi connectivity index (χ0n) is 13.2. The van der Waals surface area contributed by atoms with E-state index in [-0.39, 0.29) is 6.10 Å². The molecule has 0 heterocycles. The average Bonchev–Trinajstić information content (AvgIpc) is 2.49. The lowest BCUT2D eigenvalue weighted by Crippen LogP contribution is -2.17. The fourth-order valence-corrected chi connectivity index (χ4v) is 3.77. The molecule has 0 spiro atoms. The van der Waals surface area contributed by atoms with E-state index in [2.05, 4.69) is 61.4 Å². The lowest BCUT2D eigenvalue weighted by atomic mass is 10.1. The van der Waals surface area contributed by atoms with Gasteiger partial charge in [-0.3, -0.25) is 0 Å². The van der Waals surface area contributed by atoms with Gasteiger partial charge in [-0.2, -0.15) is 0 Å². The summed E-state index contributed by atoms with van der Waals surface area (Å²) in [6.45, 7) is 5.77. The normalized spacial score (nSPS) is 11.0. The maximum atomic E-state index is 5.89. The number of halogens is 3. The van der Waals surface area contributed by atoms with E-state index in [4.69, 9.17) is 16.3 Å². The first-order valence-corrected chi connectivity index (χ1v) is 9.52. The van der Waals surface area contributed by atoms with Gasteiger partial charge in [0.2, 0.25) is 0 Å². The summed E-state index contributed by atoms with van der Waals surface area (Å²) in [6, 6.07) is 12.2. The molecule has 0 aromatic heterocycles. The molecule has 0 saturated heterocycles. The minimum atomic E-state index is 0.144. The van der Waals surface area contributed by atoms with Gasteiger partial charge in [0, 0.05) is 11.6 Å². The summed E-state index contributed by atoms with van der Waals surface area (Å²) in [6.07, 6.45) is 1.12. The number of benzene rings is 2. The lowest BCUT2D eigenvalue weighted by Gasteiger charge is -2.15. The highest BCUT2D eigenvalue weighted by Crippen LogP contribution is 2.35. The van der Waals surface area contributed by atoms with Crippen molar-refractivity contribution >= 4 is 43.5 Å². The Balaban J connectivity index is 1.87. The van der Waals surface area contributed by atoms with Crippen molar-refractivity contribution in [2.45, 2.75) is 32.9 Å². The summed E-state index contributed by atoms with van der Waals surface area (Å²) < 4.78 is 7.73. The van der Waals surface area contributed by atoms with Gasteiger partial charge in [-0.25, -0.2) is 0 Å². The predicted molar refractivity (Wildman–Crippen MR) is 104 cm³/mol. The van der Waals surface area contributed by atoms with Crippen LogP contribution in [0.1, 0.15) is 25.0 Å². The second kappa shape index (κ2) is 9.07. The van der Waals surface area contributed by atoms with Gasteiger partial charge < -0.3 is 10.1 Å². The Morgan fingerprint density at radius 2 is 1.65 bits per heavy atom. The van der Waals surface area contributed by atoms with E-state index in [1.54, 1.807) is 0 Å². The smallest absolute Gasteiger partial charge is 0.148 e. The maximum Gasteiger partial charge on any atom is 0.148 e. The molecule has 0 aliphatic rings. The van der Waals surface area contributed by atoms with Crippen LogP contribution in [0.2, 0.25) is 5.02 Å². The Morgan fingerprint density at radius 3 is 2.22 bits per heavy atom. The van der Waals surface area contributed by atoms with E-state index in [1.807, 2.05) is 26.0 Å². The summed E-state index contributed by atoms with van der Waals surface area (Å²) in [4.78, 5) is 0. The fourth-order valence-electron chi connectivity index (χ4n) is 2.18. The molecule has 2 nitrogen and oxygen atoms in total. The van der Waals surface area contributed by atoms with Crippen LogP contribution in [0.4, 0.5) is 0 Å². The minimum Gasteiger partial charge on any atom is -0.489 e. The van der Waals surface area contributed by atoms with Gasteiger partial charge in [-0.05, 0) is 94.1 Å². The molecular weight excluding hydrogens is 441 g/mol. The Labute approximate surface area is 159 Å². The first kappa shape index (κ1) is 18.8. The van der Waals surface area contributed by atoms with Crippen molar-refractivity contribution < 1.29 is 4.74 Å². The van der Waals surface area contributed by atoms with Crippen molar-refractivity contribution in [3.8, 4) is 5.75 Å². The third-order valence-corrected chi connectivity index (χ3v) is 4.67. The van der Waals surface area contributed by atoms with E-state index in [1.165, 1.54) is 11.1 Å². The molecule has 2 aromatic carbocycles. The molecule has 0 fully saturated rings. The lowest BCUT2D eigenvalue weighted by molar-refractivity contribution is 0.239. The average molecular weight is 462 g/mol. The van der Waals surface area contributed by atoms with Crippen molar-refractivity contribution in [2.24, 2.45) is 0 Å². The summed E-state index contributed by atoms with van der Waals surface area (Å²) in [5, 5.41) is 4.24. The van der Waals surface area contributed by atoms with Crippen LogP contribution in [0.25, 0.3) is 0 Å². The van der Waals surface area contributed by atoms with Crippen LogP contribution in [-0.2, 0) is 13.0 Å². The highest BCUT2D eigenvalue weighted by Gasteiger charge is 2.10. The number of hydrogen-bond donors (Lipinski definition) is 1. The summed E-state index contributed by atoms with van der Waals surface area (Å²) in [5.74, 6) is 0.852. The minimum absolute atomic E-state index is 0.144. The van der Waals surface area contributed by atoms with E-state index in [9.17, 15) is 0 Å². The van der Waals surface area contributed by atoms with Gasteiger partial charge in [0.1, 0.15) is 5.75 Å². The zero-order chi connectivity index (χ0) is 16.8. The highest BCUT2D eigenvalue weighted by atomic mass is 79.9. The number of nitrogens with one attached hydrogen (secondary N) is 1. The number of rotatable bonds is 7. The highest BCUT2D eigenvalue weighted by molar-refractivity contribution is 9.11. The molecule has 0 unspecified atom stereocenters. The van der Waals surface area contributed by atoms with Crippen molar-refractivity contribution in [2.75, 3.05) is 6.54 Å². The molecular formula is C18H20Br2ClNO. The van der Waals surface area contributed by atoms with Gasteiger partial charge in [0.05, 0.1) is 15.0 Å². The molecule has 0 atom stereocenters. The van der Waals surface area contributed by atoms with Gasteiger partial charge >= 0.3 is 0 Å². The van der Waals surface area contributed by atoms with Crippen molar-refractivity contribution in [3.05, 3.63) is 61.5 Å². The standard InChI is InChI=1S/C18H20Br2ClNO/c1-12(2)23-18-16(19)9-14(10-17(18)20)11-22-8-7-13-3-5-15(21)6-4-13/h3-6,9-10,12,22H,7-8,11H2,1-2H3. The third kappa shape index (κ3) is 6.11. The molecule has 0 bridgehead atoms. The van der Waals surface area contributed by atoms with E-state index in [0.717, 1.165) is 39.2 Å². The van der Waals surface area contributed by atoms with Crippen LogP contribution >= 0.6 is 43.5 Å². The molecule has 0 aliphatic heterocycles. The monoisotopic (exact) mass is 459 g/mol. The Kier molecular flexibility index (Phi) is 7.41. The topological polar surface area (TPSA) is 21.3 Å². The molecule has 1 N–H and O–H groups in total. The van der Waals surface area contributed by atoms with Gasteiger partial charge in [-0.15, -0.1) is 0 Å². The van der Waals surface area contributed by atoms with Crippen LogP contribution in [0.5, 0.6) is 5.75 Å². The van der Waals surface area contributed by atoms with Crippen molar-refractivity contribution in [3.63, 3.8) is 0 Å². The maximum absolute atomic E-state index is 5.89. The molecule has 0 saturated carbocycles. The first-order chi connectivity index (χ1) is 11.0. The number of hydrogen-bond acceptors (Lipinski definition) is 2. The van der Waals surface area contributed by atoms with Crippen LogP contribution in [-0.4, -0.2) is 12.6 Å². The molecule has 0 aliphatic carbocycles. The quantitative estimate of drug-likeness (QED) is 0.512. The van der Waals surface area contributed by atoms with E-state index in [0.29, 0.717) is 0 Å². The Morgan fingerprint density at radius 1 is 1.04 bits per heavy atom. The predicted octanol–water partition coefficient (Wildman–Crippen LogP) is 5.98. The van der Waals surface area contributed by atoms with E-state index < -0.39 is 0 Å². The fraction of sp³-hybridized carbons (Fsp3) is 0.333. The number of ether oxygens (including phenoxy) is 1. The summed E-state index contributed by atoms with van der Waals surface area (Å²) in [7, 11) is 0. The third-order valence-electron chi connectivity index (χ3n) is 3.24. The molecule has 23 heavy (non-hydrogen) atoms. The molecule has 0 radical (unpaired) electrons. The van der Waals surface area contributed by atoms with Gasteiger partial charge in [0.15, 0.2) is 0 Å². The van der Waals surface area contributed by atoms with Crippen LogP contribution in [0, 0.1) is 0 Å². The van der Waals surface area contributed by atoms with Crippen LogP contribution < -0.4 is 10.1 Å². The van der Waals surface area contributed by atoms with Gasteiger partial charge in [0.25, 0.3) is 0 Å². The molecule has 5 heteroatoms. The molecule has 0 amide bonds. The van der Waals surface area contributed by atoms with E-state index >= 15 is 0 Å². The zero-order valence-corrected chi connectivity index (χ0v) is 17.1. The summed E-state index contributed by atoms with van der Waals surface area (Å²) in [5.41, 5.74) is 2.49. The molecule has 2 aromatic rings. The largest absolute Gasteiger partial charge is 0.489 e. The first-order valence-electron chi connectivity index (χ1n) is 7.55. The molecule has 124 valence electrons. The van der Waals surface area contributed by atoms with Gasteiger partial charge in [-0.1, -0.05) is 23.7 Å². The van der Waals surface area contributed by atoms with Crippen LogP contribution in [0.3, 0.4) is 0 Å². The Bertz CT molecular complexity index is 621. The second-order valence-corrected chi connectivity index (χ2v) is 7.75. The SMILES string of the molecule is CC(C)Oc1c(Br)cc(CNCCc2ccc(Cl)cc2)cc1Br. The van der Waals surface area contributed by atoms with Crippen molar-refractivity contribution in [1.82, 2.24) is 5.32 Å². The molecule has 2 rings (SSSR count). The second-order valence-electron chi connectivity index (χ2n) is 5.61. The van der Waals surface area contributed by atoms with Crippen molar-refractivity contribution in [1.29, 1.82) is 0 Å². The Hall–Kier alpha value is -0.550. The summed E-state index contributed by atoms with van der Waals surface area (Å²) >= 11 is 13.1. The van der Waals surface area contributed by atoms with Crippen LogP contribution in [0.15, 0.2) is 45.3 Å².